The quantitative estimate of drug-likeness (QED) is 0.479. The summed E-state index contributed by atoms with van der Waals surface area (Å²) in [6.45, 7) is 6.58. The first-order chi connectivity index (χ1) is 14.3. The number of H-pyrrole nitrogens is 1. The lowest BCUT2D eigenvalue weighted by Gasteiger charge is -2.18. The average Bonchev–Trinajstić information content (AvgIpc) is 2.73. The molecule has 5 nitrogen and oxygen atoms in total. The SMILES string of the molecule is CC(C)(C)c1ccc(-c2nc3ccccc3c(Nc3ccc(C(=O)O)cc3)[nH+]2)cc1. The van der Waals surface area contributed by atoms with Crippen LogP contribution in [0.4, 0.5) is 11.5 Å². The maximum atomic E-state index is 11.1. The minimum Gasteiger partial charge on any atom is -0.478 e. The van der Waals surface area contributed by atoms with Gasteiger partial charge in [-0.15, -0.1) is 4.98 Å². The molecule has 1 aromatic heterocycles. The lowest BCUT2D eigenvalue weighted by atomic mass is 9.87. The summed E-state index contributed by atoms with van der Waals surface area (Å²) >= 11 is 0. The second-order valence-corrected chi connectivity index (χ2v) is 8.31. The maximum Gasteiger partial charge on any atom is 0.335 e. The molecule has 0 saturated heterocycles. The molecule has 4 aromatic rings. The standard InChI is InChI=1S/C25H23N3O2/c1-25(2,3)18-12-8-16(9-13-18)22-27-21-7-5-4-6-20(21)23(28-22)26-19-14-10-17(11-15-19)24(29)30/h4-15H,1-3H3,(H,29,30)(H,26,27,28)/p+1. The lowest BCUT2D eigenvalue weighted by Crippen LogP contribution is -2.16. The predicted octanol–water partition coefficient (Wildman–Crippen LogP) is 5.46. The van der Waals surface area contributed by atoms with Gasteiger partial charge < -0.3 is 5.11 Å². The fourth-order valence-electron chi connectivity index (χ4n) is 3.32. The van der Waals surface area contributed by atoms with E-state index in [4.69, 9.17) is 10.1 Å². The van der Waals surface area contributed by atoms with Crippen molar-refractivity contribution >= 4 is 28.4 Å². The third kappa shape index (κ3) is 4.01. The van der Waals surface area contributed by atoms with E-state index >= 15 is 0 Å². The molecule has 30 heavy (non-hydrogen) atoms. The number of rotatable bonds is 4. The van der Waals surface area contributed by atoms with Crippen molar-refractivity contribution in [3.05, 3.63) is 83.9 Å². The van der Waals surface area contributed by atoms with Crippen LogP contribution in [0.1, 0.15) is 36.7 Å². The second kappa shape index (κ2) is 7.59. The minimum atomic E-state index is -0.941. The molecule has 0 atom stereocenters. The Morgan fingerprint density at radius 3 is 2.23 bits per heavy atom. The van der Waals surface area contributed by atoms with Crippen LogP contribution in [0.2, 0.25) is 0 Å². The van der Waals surface area contributed by atoms with Gasteiger partial charge in [-0.25, -0.2) is 9.78 Å². The van der Waals surface area contributed by atoms with Crippen molar-refractivity contribution in [1.82, 2.24) is 4.98 Å². The highest BCUT2D eigenvalue weighted by molar-refractivity contribution is 5.91. The highest BCUT2D eigenvalue weighted by Crippen LogP contribution is 2.27. The highest BCUT2D eigenvalue weighted by atomic mass is 16.4. The largest absolute Gasteiger partial charge is 0.478 e. The van der Waals surface area contributed by atoms with Crippen molar-refractivity contribution in [1.29, 1.82) is 0 Å². The van der Waals surface area contributed by atoms with E-state index in [2.05, 4.69) is 55.3 Å². The number of aromatic carboxylic acids is 1. The Hall–Kier alpha value is -3.73. The van der Waals surface area contributed by atoms with Crippen LogP contribution < -0.4 is 10.3 Å². The zero-order valence-electron chi connectivity index (χ0n) is 17.2. The summed E-state index contributed by atoms with van der Waals surface area (Å²) in [4.78, 5) is 19.3. The van der Waals surface area contributed by atoms with Crippen molar-refractivity contribution in [2.75, 3.05) is 5.32 Å². The summed E-state index contributed by atoms with van der Waals surface area (Å²) in [5.41, 5.74) is 4.27. The van der Waals surface area contributed by atoms with Crippen LogP contribution in [0.15, 0.2) is 72.8 Å². The smallest absolute Gasteiger partial charge is 0.335 e. The van der Waals surface area contributed by atoms with Crippen molar-refractivity contribution in [2.24, 2.45) is 0 Å². The molecule has 0 saturated carbocycles. The molecule has 3 N–H and O–H groups in total. The molecule has 0 fully saturated rings. The first-order valence-electron chi connectivity index (χ1n) is 9.85. The molecule has 0 aliphatic carbocycles. The van der Waals surface area contributed by atoms with E-state index in [1.54, 1.807) is 24.3 Å². The number of carboxylic acids is 1. The van der Waals surface area contributed by atoms with Crippen LogP contribution >= 0.6 is 0 Å². The van der Waals surface area contributed by atoms with E-state index in [0.29, 0.717) is 0 Å². The number of hydrogen-bond donors (Lipinski definition) is 2. The Bertz CT molecular complexity index is 1210. The third-order valence-corrected chi connectivity index (χ3v) is 5.07. The number of nitrogens with one attached hydrogen (secondary N) is 2. The van der Waals surface area contributed by atoms with Gasteiger partial charge in [-0.3, -0.25) is 5.32 Å². The molecular formula is C25H24N3O2+. The number of nitrogens with zero attached hydrogens (tertiary/aromatic N) is 1. The van der Waals surface area contributed by atoms with Crippen LogP contribution in [0.25, 0.3) is 22.3 Å². The van der Waals surface area contributed by atoms with Gasteiger partial charge in [0.05, 0.1) is 22.2 Å². The highest BCUT2D eigenvalue weighted by Gasteiger charge is 2.18. The van der Waals surface area contributed by atoms with Gasteiger partial charge in [0.2, 0.25) is 5.82 Å². The molecular weight excluding hydrogens is 374 g/mol. The number of benzene rings is 3. The van der Waals surface area contributed by atoms with Gasteiger partial charge in [0.25, 0.3) is 5.82 Å². The van der Waals surface area contributed by atoms with Gasteiger partial charge in [0, 0.05) is 0 Å². The van der Waals surface area contributed by atoms with Crippen LogP contribution in [0.3, 0.4) is 0 Å². The molecule has 5 heteroatoms. The molecule has 0 spiro atoms. The van der Waals surface area contributed by atoms with E-state index in [1.807, 2.05) is 24.3 Å². The number of hydrogen-bond acceptors (Lipinski definition) is 3. The summed E-state index contributed by atoms with van der Waals surface area (Å²) in [5.74, 6) is 0.626. The van der Waals surface area contributed by atoms with Crippen LogP contribution in [-0.2, 0) is 5.41 Å². The lowest BCUT2D eigenvalue weighted by molar-refractivity contribution is -0.349. The Balaban J connectivity index is 1.75. The molecule has 0 aliphatic heterocycles. The van der Waals surface area contributed by atoms with E-state index in [1.165, 1.54) is 5.56 Å². The van der Waals surface area contributed by atoms with Crippen LogP contribution in [0, 0.1) is 0 Å². The minimum absolute atomic E-state index is 0.0912. The number of carboxylic acid groups (broad SMARTS) is 1. The van der Waals surface area contributed by atoms with Gasteiger partial charge in [0.1, 0.15) is 0 Å². The van der Waals surface area contributed by atoms with Crippen LogP contribution in [-0.4, -0.2) is 16.1 Å². The summed E-state index contributed by atoms with van der Waals surface area (Å²) in [6.07, 6.45) is 0. The first kappa shape index (κ1) is 19.6. The molecule has 0 radical (unpaired) electrons. The van der Waals surface area contributed by atoms with E-state index in [9.17, 15) is 4.79 Å². The number of para-hydroxylation sites is 1. The fraction of sp³-hybridized carbons (Fsp3) is 0.160. The molecule has 0 bridgehead atoms. The molecule has 0 unspecified atom stereocenters. The number of carbonyl (C=O) groups is 1. The third-order valence-electron chi connectivity index (χ3n) is 5.07. The maximum absolute atomic E-state index is 11.1. The average molecular weight is 398 g/mol. The topological polar surface area (TPSA) is 76.4 Å². The summed E-state index contributed by atoms with van der Waals surface area (Å²) in [6, 6.07) is 23.0. The van der Waals surface area contributed by atoms with Gasteiger partial charge in [-0.2, -0.15) is 0 Å². The Kier molecular flexibility index (Phi) is 4.96. The predicted molar refractivity (Wildman–Crippen MR) is 119 cm³/mol. The molecule has 0 aliphatic rings. The van der Waals surface area contributed by atoms with Crippen molar-refractivity contribution in [3.8, 4) is 11.4 Å². The van der Waals surface area contributed by atoms with Gasteiger partial charge in [-0.05, 0) is 59.5 Å². The van der Waals surface area contributed by atoms with Crippen molar-refractivity contribution in [3.63, 3.8) is 0 Å². The van der Waals surface area contributed by atoms with Crippen molar-refractivity contribution in [2.45, 2.75) is 26.2 Å². The monoisotopic (exact) mass is 398 g/mol. The number of aromatic nitrogens is 2. The number of fused-ring (bicyclic) bond motifs is 1. The molecule has 0 amide bonds. The van der Waals surface area contributed by atoms with E-state index in [0.717, 1.165) is 33.8 Å². The Morgan fingerprint density at radius 2 is 1.60 bits per heavy atom. The molecule has 4 rings (SSSR count). The zero-order chi connectivity index (χ0) is 21.3. The van der Waals surface area contributed by atoms with E-state index < -0.39 is 5.97 Å². The van der Waals surface area contributed by atoms with E-state index in [-0.39, 0.29) is 11.0 Å². The number of aromatic amines is 1. The van der Waals surface area contributed by atoms with Gasteiger partial charge >= 0.3 is 5.97 Å². The Labute approximate surface area is 175 Å². The molecule has 3 aromatic carbocycles. The summed E-state index contributed by atoms with van der Waals surface area (Å²) in [5, 5.41) is 13.4. The van der Waals surface area contributed by atoms with Crippen LogP contribution in [0.5, 0.6) is 0 Å². The second-order valence-electron chi connectivity index (χ2n) is 8.31. The van der Waals surface area contributed by atoms with Gasteiger partial charge in [-0.1, -0.05) is 45.0 Å². The summed E-state index contributed by atoms with van der Waals surface area (Å²) in [7, 11) is 0. The van der Waals surface area contributed by atoms with Crippen molar-refractivity contribution < 1.29 is 14.9 Å². The molecule has 150 valence electrons. The Morgan fingerprint density at radius 1 is 0.933 bits per heavy atom. The first-order valence-corrected chi connectivity index (χ1v) is 9.85. The zero-order valence-corrected chi connectivity index (χ0v) is 17.2. The van der Waals surface area contributed by atoms with Gasteiger partial charge in [0.15, 0.2) is 5.52 Å². The normalized spacial score (nSPS) is 11.4. The summed E-state index contributed by atoms with van der Waals surface area (Å²) < 4.78 is 0. The molecule has 1 heterocycles. The number of anilines is 2. The fourth-order valence-corrected chi connectivity index (χ4v) is 3.32.